The first kappa shape index (κ1) is 12.3. The zero-order valence-corrected chi connectivity index (χ0v) is 11.9. The van der Waals surface area contributed by atoms with Crippen LogP contribution in [-0.4, -0.2) is 11.3 Å². The Hall–Kier alpha value is 0.190. The summed E-state index contributed by atoms with van der Waals surface area (Å²) < 4.78 is 2.05. The van der Waals surface area contributed by atoms with Crippen LogP contribution in [-0.2, 0) is 4.79 Å². The summed E-state index contributed by atoms with van der Waals surface area (Å²) in [6.45, 7) is 1.64. The molecule has 0 fully saturated rings. The number of hydrogen-bond acceptors (Lipinski definition) is 1. The van der Waals surface area contributed by atoms with Gasteiger partial charge < -0.3 is 5.32 Å². The quantitative estimate of drug-likeness (QED) is 0.609. The molecule has 1 atom stereocenters. The number of amides is 1. The summed E-state index contributed by atoms with van der Waals surface area (Å²) in [6, 6.07) is 5.58. The lowest BCUT2D eigenvalue weighted by molar-refractivity contribution is -0.115. The van der Waals surface area contributed by atoms with Gasteiger partial charge >= 0.3 is 0 Å². The monoisotopic (exact) mass is 387 g/mol. The van der Waals surface area contributed by atoms with E-state index in [2.05, 4.69) is 43.8 Å². The highest BCUT2D eigenvalue weighted by molar-refractivity contribution is 14.1. The fraction of sp³-hybridized carbons (Fsp3) is 0.222. The highest BCUT2D eigenvalue weighted by atomic mass is 127. The van der Waals surface area contributed by atoms with Gasteiger partial charge in [0.25, 0.3) is 0 Å². The lowest BCUT2D eigenvalue weighted by atomic mass is 10.3. The van der Waals surface area contributed by atoms with Crippen LogP contribution in [0.4, 0.5) is 5.69 Å². The molecule has 1 N–H and O–H groups in total. The lowest BCUT2D eigenvalue weighted by Crippen LogP contribution is -2.20. The normalized spacial score (nSPS) is 12.3. The van der Waals surface area contributed by atoms with Crippen LogP contribution < -0.4 is 5.32 Å². The molecule has 14 heavy (non-hydrogen) atoms. The van der Waals surface area contributed by atoms with E-state index in [-0.39, 0.29) is 5.91 Å². The Morgan fingerprint density at radius 3 is 2.79 bits per heavy atom. The first-order chi connectivity index (χ1) is 6.50. The SMILES string of the molecule is CC(Cl)C(=O)Nc1ccc(Br)c(I)c1. The maximum Gasteiger partial charge on any atom is 0.242 e. The molecule has 2 nitrogen and oxygen atoms in total. The van der Waals surface area contributed by atoms with Crippen molar-refractivity contribution in [2.24, 2.45) is 0 Å². The van der Waals surface area contributed by atoms with Crippen LogP contribution in [0, 0.1) is 3.57 Å². The average molecular weight is 388 g/mol. The van der Waals surface area contributed by atoms with E-state index in [1.165, 1.54) is 0 Å². The fourth-order valence-electron chi connectivity index (χ4n) is 0.816. The maximum absolute atomic E-state index is 11.3. The Bertz CT molecular complexity index is 357. The molecule has 0 aliphatic heterocycles. The summed E-state index contributed by atoms with van der Waals surface area (Å²) in [5, 5.41) is 2.20. The van der Waals surface area contributed by atoms with Crippen LogP contribution in [0.2, 0.25) is 0 Å². The van der Waals surface area contributed by atoms with Gasteiger partial charge in [-0.3, -0.25) is 4.79 Å². The Morgan fingerprint density at radius 2 is 2.29 bits per heavy atom. The van der Waals surface area contributed by atoms with Gasteiger partial charge in [-0.05, 0) is 63.6 Å². The van der Waals surface area contributed by atoms with Crippen molar-refractivity contribution >= 4 is 61.7 Å². The van der Waals surface area contributed by atoms with Crippen LogP contribution in [0.1, 0.15) is 6.92 Å². The van der Waals surface area contributed by atoms with Crippen LogP contribution in [0.15, 0.2) is 22.7 Å². The Morgan fingerprint density at radius 1 is 1.64 bits per heavy atom. The topological polar surface area (TPSA) is 29.1 Å². The number of carbonyl (C=O) groups excluding carboxylic acids is 1. The van der Waals surface area contributed by atoms with E-state index in [0.717, 1.165) is 13.7 Å². The van der Waals surface area contributed by atoms with Crippen molar-refractivity contribution in [3.05, 3.63) is 26.2 Å². The Labute approximate surface area is 110 Å². The van der Waals surface area contributed by atoms with E-state index in [9.17, 15) is 4.79 Å². The zero-order chi connectivity index (χ0) is 10.7. The first-order valence-corrected chi connectivity index (χ1v) is 6.21. The number of halogens is 3. The second kappa shape index (κ2) is 5.32. The number of anilines is 1. The minimum absolute atomic E-state index is 0.190. The van der Waals surface area contributed by atoms with Crippen molar-refractivity contribution in [1.29, 1.82) is 0 Å². The van der Waals surface area contributed by atoms with Crippen molar-refractivity contribution in [2.45, 2.75) is 12.3 Å². The number of alkyl halides is 1. The molecule has 0 spiro atoms. The van der Waals surface area contributed by atoms with E-state index in [1.807, 2.05) is 18.2 Å². The van der Waals surface area contributed by atoms with E-state index < -0.39 is 5.38 Å². The van der Waals surface area contributed by atoms with Gasteiger partial charge in [0.2, 0.25) is 5.91 Å². The summed E-state index contributed by atoms with van der Waals surface area (Å²) in [7, 11) is 0. The number of nitrogens with one attached hydrogen (secondary N) is 1. The van der Waals surface area contributed by atoms with Gasteiger partial charge in [-0.15, -0.1) is 11.6 Å². The van der Waals surface area contributed by atoms with Crippen LogP contribution in [0.5, 0.6) is 0 Å². The maximum atomic E-state index is 11.3. The predicted octanol–water partition coefficient (Wildman–Crippen LogP) is 3.62. The molecule has 0 bridgehead atoms. The van der Waals surface area contributed by atoms with Crippen molar-refractivity contribution in [1.82, 2.24) is 0 Å². The molecule has 1 rings (SSSR count). The van der Waals surface area contributed by atoms with E-state index in [4.69, 9.17) is 11.6 Å². The van der Waals surface area contributed by atoms with Crippen LogP contribution in [0.3, 0.4) is 0 Å². The summed E-state index contributed by atoms with van der Waals surface area (Å²) in [5.74, 6) is -0.190. The molecule has 0 aromatic heterocycles. The van der Waals surface area contributed by atoms with Gasteiger partial charge in [0.05, 0.1) is 0 Å². The minimum Gasteiger partial charge on any atom is -0.325 e. The average Bonchev–Trinajstić information content (AvgIpc) is 2.11. The third-order valence-corrected chi connectivity index (χ3v) is 4.07. The lowest BCUT2D eigenvalue weighted by Gasteiger charge is -2.07. The Balaban J connectivity index is 2.78. The summed E-state index contributed by atoms with van der Waals surface area (Å²) >= 11 is 11.2. The highest BCUT2D eigenvalue weighted by Gasteiger charge is 2.09. The minimum atomic E-state index is -0.517. The molecule has 1 aromatic carbocycles. The fourth-order valence-corrected chi connectivity index (χ4v) is 1.63. The highest BCUT2D eigenvalue weighted by Crippen LogP contribution is 2.22. The summed E-state index contributed by atoms with van der Waals surface area (Å²) in [4.78, 5) is 11.3. The van der Waals surface area contributed by atoms with Gasteiger partial charge in [-0.25, -0.2) is 0 Å². The van der Waals surface area contributed by atoms with Gasteiger partial charge in [0.15, 0.2) is 0 Å². The van der Waals surface area contributed by atoms with E-state index in [0.29, 0.717) is 0 Å². The molecule has 1 unspecified atom stereocenters. The molecule has 0 radical (unpaired) electrons. The van der Waals surface area contributed by atoms with Crippen molar-refractivity contribution in [3.63, 3.8) is 0 Å². The van der Waals surface area contributed by atoms with Crippen molar-refractivity contribution in [2.75, 3.05) is 5.32 Å². The molecule has 0 saturated carbocycles. The van der Waals surface area contributed by atoms with Gasteiger partial charge in [-0.2, -0.15) is 0 Å². The van der Waals surface area contributed by atoms with E-state index >= 15 is 0 Å². The Kier molecular flexibility index (Phi) is 4.66. The zero-order valence-electron chi connectivity index (χ0n) is 7.35. The second-order valence-electron chi connectivity index (χ2n) is 2.73. The molecular weight excluding hydrogens is 380 g/mol. The van der Waals surface area contributed by atoms with Crippen LogP contribution >= 0.6 is 50.1 Å². The second-order valence-corrected chi connectivity index (χ2v) is 5.41. The molecular formula is C9H8BrClINO. The number of carbonyl (C=O) groups is 1. The number of benzene rings is 1. The predicted molar refractivity (Wildman–Crippen MR) is 70.8 cm³/mol. The first-order valence-electron chi connectivity index (χ1n) is 3.90. The van der Waals surface area contributed by atoms with Gasteiger partial charge in [-0.1, -0.05) is 0 Å². The molecule has 0 heterocycles. The standard InChI is InChI=1S/C9H8BrClINO/c1-5(11)9(14)13-6-2-3-7(10)8(12)4-6/h2-5H,1H3,(H,13,14). The third-order valence-electron chi connectivity index (χ3n) is 1.55. The summed E-state index contributed by atoms with van der Waals surface area (Å²) in [6.07, 6.45) is 0. The number of hydrogen-bond donors (Lipinski definition) is 1. The number of rotatable bonds is 2. The van der Waals surface area contributed by atoms with E-state index in [1.54, 1.807) is 6.92 Å². The van der Waals surface area contributed by atoms with Gasteiger partial charge in [0, 0.05) is 13.7 Å². The van der Waals surface area contributed by atoms with Crippen molar-refractivity contribution in [3.8, 4) is 0 Å². The molecule has 76 valence electrons. The van der Waals surface area contributed by atoms with Crippen LogP contribution in [0.25, 0.3) is 0 Å². The van der Waals surface area contributed by atoms with Gasteiger partial charge in [0.1, 0.15) is 5.38 Å². The molecule has 1 aromatic rings. The van der Waals surface area contributed by atoms with Crippen molar-refractivity contribution < 1.29 is 4.79 Å². The molecule has 1 amide bonds. The third kappa shape index (κ3) is 3.40. The largest absolute Gasteiger partial charge is 0.325 e. The molecule has 0 saturated heterocycles. The molecule has 0 aliphatic carbocycles. The summed E-state index contributed by atoms with van der Waals surface area (Å²) in [5.41, 5.74) is 0.759. The molecule has 0 aliphatic rings. The molecule has 5 heteroatoms. The smallest absolute Gasteiger partial charge is 0.242 e.